The molecule has 1 N–H and O–H groups in total. The summed E-state index contributed by atoms with van der Waals surface area (Å²) in [5.74, 6) is -0.396. The standard InChI is InChI=1S/C29H21ClN4O/c30-25-17-11-21(12-18-25)20-31-32-29(35)27-19-28(34(33-27)26-9-5-2-6-10-26)24-15-13-23(14-16-24)22-7-3-1-4-8-22/h1-20H,(H,32,35)/b31-20-. The molecule has 4 aromatic carbocycles. The molecule has 0 aliphatic rings. The summed E-state index contributed by atoms with van der Waals surface area (Å²) < 4.78 is 1.77. The van der Waals surface area contributed by atoms with E-state index in [1.807, 2.05) is 72.8 Å². The van der Waals surface area contributed by atoms with Gasteiger partial charge in [0.25, 0.3) is 5.91 Å². The van der Waals surface area contributed by atoms with Crippen molar-refractivity contribution in [1.82, 2.24) is 15.2 Å². The van der Waals surface area contributed by atoms with Crippen molar-refractivity contribution < 1.29 is 4.79 Å². The number of hydrogen-bond donors (Lipinski definition) is 1. The fourth-order valence-corrected chi connectivity index (χ4v) is 3.83. The van der Waals surface area contributed by atoms with Gasteiger partial charge in [-0.3, -0.25) is 4.79 Å². The van der Waals surface area contributed by atoms with Crippen LogP contribution in [0.3, 0.4) is 0 Å². The number of benzene rings is 4. The predicted molar refractivity (Wildman–Crippen MR) is 141 cm³/mol. The van der Waals surface area contributed by atoms with E-state index in [4.69, 9.17) is 11.6 Å². The van der Waals surface area contributed by atoms with Crippen molar-refractivity contribution in [2.45, 2.75) is 0 Å². The number of aromatic nitrogens is 2. The molecule has 1 heterocycles. The Kier molecular flexibility index (Phi) is 6.50. The van der Waals surface area contributed by atoms with Gasteiger partial charge in [0.1, 0.15) is 0 Å². The molecule has 0 unspecified atom stereocenters. The molecule has 0 saturated carbocycles. The summed E-state index contributed by atoms with van der Waals surface area (Å²) in [4.78, 5) is 12.8. The Bertz CT molecular complexity index is 1460. The van der Waals surface area contributed by atoms with Crippen molar-refractivity contribution in [3.63, 3.8) is 0 Å². The molecule has 5 rings (SSSR count). The average Bonchev–Trinajstić information content (AvgIpc) is 3.37. The summed E-state index contributed by atoms with van der Waals surface area (Å²) in [6, 6.07) is 37.1. The Morgan fingerprint density at radius 2 is 1.37 bits per heavy atom. The second kappa shape index (κ2) is 10.2. The molecule has 0 saturated heterocycles. The fourth-order valence-electron chi connectivity index (χ4n) is 3.70. The van der Waals surface area contributed by atoms with Gasteiger partial charge in [-0.25, -0.2) is 10.1 Å². The van der Waals surface area contributed by atoms with Crippen LogP contribution in [0.4, 0.5) is 0 Å². The van der Waals surface area contributed by atoms with E-state index in [-0.39, 0.29) is 5.69 Å². The van der Waals surface area contributed by atoms with Crippen molar-refractivity contribution >= 4 is 23.7 Å². The van der Waals surface area contributed by atoms with Crippen molar-refractivity contribution in [2.75, 3.05) is 0 Å². The quantitative estimate of drug-likeness (QED) is 0.221. The number of hydrazone groups is 1. The Labute approximate surface area is 208 Å². The highest BCUT2D eigenvalue weighted by atomic mass is 35.5. The normalized spacial score (nSPS) is 11.0. The van der Waals surface area contributed by atoms with Crippen molar-refractivity contribution in [3.05, 3.63) is 132 Å². The molecule has 0 fully saturated rings. The molecule has 0 bridgehead atoms. The van der Waals surface area contributed by atoms with Gasteiger partial charge in [0.2, 0.25) is 0 Å². The monoisotopic (exact) mass is 476 g/mol. The number of halogens is 1. The molecule has 1 amide bonds. The van der Waals surface area contributed by atoms with Gasteiger partial charge in [-0.1, -0.05) is 96.5 Å². The Balaban J connectivity index is 1.44. The minimum atomic E-state index is -0.396. The average molecular weight is 477 g/mol. The van der Waals surface area contributed by atoms with Gasteiger partial charge in [-0.2, -0.15) is 10.2 Å². The number of carbonyl (C=O) groups is 1. The first-order chi connectivity index (χ1) is 17.2. The van der Waals surface area contributed by atoms with Gasteiger partial charge in [-0.15, -0.1) is 0 Å². The molecular formula is C29H21ClN4O. The van der Waals surface area contributed by atoms with Gasteiger partial charge >= 0.3 is 0 Å². The summed E-state index contributed by atoms with van der Waals surface area (Å²) in [5.41, 5.74) is 8.53. The van der Waals surface area contributed by atoms with Crippen LogP contribution in [-0.4, -0.2) is 21.9 Å². The maximum absolute atomic E-state index is 12.8. The summed E-state index contributed by atoms with van der Waals surface area (Å²) in [5, 5.41) is 9.29. The van der Waals surface area contributed by atoms with Gasteiger partial charge in [-0.05, 0) is 47.0 Å². The molecule has 0 aliphatic carbocycles. The summed E-state index contributed by atoms with van der Waals surface area (Å²) in [6.07, 6.45) is 1.56. The predicted octanol–water partition coefficient (Wildman–Crippen LogP) is 6.62. The van der Waals surface area contributed by atoms with E-state index in [2.05, 4.69) is 39.9 Å². The van der Waals surface area contributed by atoms with E-state index >= 15 is 0 Å². The largest absolute Gasteiger partial charge is 0.291 e. The Morgan fingerprint density at radius 3 is 2.06 bits per heavy atom. The maximum atomic E-state index is 12.8. The van der Waals surface area contributed by atoms with Crippen LogP contribution >= 0.6 is 11.6 Å². The van der Waals surface area contributed by atoms with E-state index in [0.29, 0.717) is 5.02 Å². The van der Waals surface area contributed by atoms with Crippen molar-refractivity contribution in [1.29, 1.82) is 0 Å². The zero-order valence-electron chi connectivity index (χ0n) is 18.7. The van der Waals surface area contributed by atoms with Gasteiger partial charge < -0.3 is 0 Å². The second-order valence-corrected chi connectivity index (χ2v) is 8.29. The minimum absolute atomic E-state index is 0.268. The molecule has 0 spiro atoms. The van der Waals surface area contributed by atoms with Crippen LogP contribution in [0.2, 0.25) is 5.02 Å². The first-order valence-electron chi connectivity index (χ1n) is 11.1. The number of nitrogens with zero attached hydrogens (tertiary/aromatic N) is 3. The summed E-state index contributed by atoms with van der Waals surface area (Å²) in [6.45, 7) is 0. The third-order valence-electron chi connectivity index (χ3n) is 5.48. The summed E-state index contributed by atoms with van der Waals surface area (Å²) >= 11 is 5.91. The van der Waals surface area contributed by atoms with E-state index in [0.717, 1.165) is 33.6 Å². The Morgan fingerprint density at radius 1 is 0.771 bits per heavy atom. The smallest absolute Gasteiger partial charge is 0.265 e. The molecule has 6 heteroatoms. The van der Waals surface area contributed by atoms with E-state index < -0.39 is 5.91 Å². The minimum Gasteiger partial charge on any atom is -0.265 e. The number of hydrogen-bond acceptors (Lipinski definition) is 3. The van der Waals surface area contributed by atoms with Crippen LogP contribution in [0.25, 0.3) is 28.1 Å². The van der Waals surface area contributed by atoms with Crippen molar-refractivity contribution in [2.24, 2.45) is 5.10 Å². The zero-order valence-corrected chi connectivity index (χ0v) is 19.4. The highest BCUT2D eigenvalue weighted by Crippen LogP contribution is 2.27. The molecule has 0 aliphatic heterocycles. The molecule has 0 radical (unpaired) electrons. The fraction of sp³-hybridized carbons (Fsp3) is 0. The van der Waals surface area contributed by atoms with Crippen LogP contribution in [0, 0.1) is 0 Å². The lowest BCUT2D eigenvalue weighted by Crippen LogP contribution is -2.18. The number of rotatable bonds is 6. The molecular weight excluding hydrogens is 456 g/mol. The van der Waals surface area contributed by atoms with E-state index in [1.165, 1.54) is 0 Å². The topological polar surface area (TPSA) is 59.3 Å². The SMILES string of the molecule is O=C(N/N=C\c1ccc(Cl)cc1)c1cc(-c2ccc(-c3ccccc3)cc2)n(-c2ccccc2)n1. The van der Waals surface area contributed by atoms with E-state index in [1.54, 1.807) is 29.1 Å². The third kappa shape index (κ3) is 5.21. The van der Waals surface area contributed by atoms with Crippen LogP contribution in [0.5, 0.6) is 0 Å². The third-order valence-corrected chi connectivity index (χ3v) is 5.73. The van der Waals surface area contributed by atoms with Crippen LogP contribution in [0.1, 0.15) is 16.1 Å². The summed E-state index contributed by atoms with van der Waals surface area (Å²) in [7, 11) is 0. The second-order valence-electron chi connectivity index (χ2n) is 7.86. The molecule has 5 aromatic rings. The molecule has 0 atom stereocenters. The molecule has 5 nitrogen and oxygen atoms in total. The van der Waals surface area contributed by atoms with Crippen LogP contribution < -0.4 is 5.43 Å². The van der Waals surface area contributed by atoms with E-state index in [9.17, 15) is 4.79 Å². The number of nitrogens with one attached hydrogen (secondary N) is 1. The lowest BCUT2D eigenvalue weighted by atomic mass is 10.0. The first-order valence-corrected chi connectivity index (χ1v) is 11.5. The number of carbonyl (C=O) groups excluding carboxylic acids is 1. The van der Waals surface area contributed by atoms with Crippen molar-refractivity contribution in [3.8, 4) is 28.1 Å². The lowest BCUT2D eigenvalue weighted by Gasteiger charge is -2.08. The van der Waals surface area contributed by atoms with Gasteiger partial charge in [0.05, 0.1) is 17.6 Å². The molecule has 35 heavy (non-hydrogen) atoms. The highest BCUT2D eigenvalue weighted by Gasteiger charge is 2.16. The van der Waals surface area contributed by atoms with Crippen LogP contribution in [0.15, 0.2) is 120 Å². The highest BCUT2D eigenvalue weighted by molar-refractivity contribution is 6.30. The lowest BCUT2D eigenvalue weighted by molar-refractivity contribution is 0.0949. The Hall–Kier alpha value is -4.48. The van der Waals surface area contributed by atoms with Crippen LogP contribution in [-0.2, 0) is 0 Å². The molecule has 1 aromatic heterocycles. The van der Waals surface area contributed by atoms with Gasteiger partial charge in [0, 0.05) is 10.6 Å². The van der Waals surface area contributed by atoms with Gasteiger partial charge in [0.15, 0.2) is 5.69 Å². The molecule has 170 valence electrons. The maximum Gasteiger partial charge on any atom is 0.291 e. The first kappa shape index (κ1) is 22.3. The number of para-hydroxylation sites is 1. The number of amides is 1. The zero-order chi connectivity index (χ0) is 24.0.